The Labute approximate surface area is 111 Å². The van der Waals surface area contributed by atoms with Crippen molar-refractivity contribution in [2.24, 2.45) is 0 Å². The van der Waals surface area contributed by atoms with Gasteiger partial charge in [0.2, 0.25) is 5.91 Å². The van der Waals surface area contributed by atoms with Gasteiger partial charge in [-0.2, -0.15) is 0 Å². The van der Waals surface area contributed by atoms with Crippen molar-refractivity contribution in [3.63, 3.8) is 0 Å². The van der Waals surface area contributed by atoms with Crippen LogP contribution < -0.4 is 0 Å². The van der Waals surface area contributed by atoms with Crippen LogP contribution in [0.1, 0.15) is 6.42 Å². The highest BCUT2D eigenvalue weighted by Crippen LogP contribution is 2.31. The Morgan fingerprint density at radius 1 is 1.32 bits per heavy atom. The van der Waals surface area contributed by atoms with Gasteiger partial charge in [-0.25, -0.2) is 0 Å². The quantitative estimate of drug-likeness (QED) is 0.555. The van der Waals surface area contributed by atoms with Crippen molar-refractivity contribution in [3.05, 3.63) is 12.3 Å². The minimum absolute atomic E-state index is 0.0207. The van der Waals surface area contributed by atoms with Gasteiger partial charge in [-0.05, 0) is 6.08 Å². The minimum Gasteiger partial charge on any atom is -0.345 e. The van der Waals surface area contributed by atoms with Gasteiger partial charge in [-0.3, -0.25) is 28.4 Å². The number of amides is 1. The van der Waals surface area contributed by atoms with Crippen LogP contribution in [0.5, 0.6) is 0 Å². The first-order valence-corrected chi connectivity index (χ1v) is 7.29. The monoisotopic (exact) mass is 301 g/mol. The van der Waals surface area contributed by atoms with Crippen LogP contribution in [0.25, 0.3) is 0 Å². The Hall–Kier alpha value is -1.29. The second-order valence-electron chi connectivity index (χ2n) is 4.05. The smallest absolute Gasteiger partial charge is 0.236 e. The number of hydrogen-bond donors (Lipinski definition) is 0. The molecule has 0 N–H and O–H groups in total. The van der Waals surface area contributed by atoms with E-state index in [1.54, 1.807) is 0 Å². The third-order valence-corrected chi connectivity index (χ3v) is 4.17. The van der Waals surface area contributed by atoms with Crippen molar-refractivity contribution < 1.29 is 28.3 Å². The van der Waals surface area contributed by atoms with Gasteiger partial charge in [0, 0.05) is 6.20 Å². The van der Waals surface area contributed by atoms with Crippen molar-refractivity contribution in [1.82, 2.24) is 4.90 Å². The van der Waals surface area contributed by atoms with E-state index in [1.165, 1.54) is 12.3 Å². The molecule has 0 unspecified atom stereocenters. The van der Waals surface area contributed by atoms with Crippen LogP contribution in [-0.4, -0.2) is 46.5 Å². The molecule has 0 aromatic carbocycles. The fourth-order valence-electron chi connectivity index (χ4n) is 1.93. The molecular weight excluding hydrogens is 292 g/mol. The number of hydrogen-bond acceptors (Lipinski definition) is 6. The molecule has 2 heterocycles. The average molecular weight is 301 g/mol. The SMILES string of the molecule is O=PC[C@H]1O[C@@H](N2C=CC(=O)CC2=O)C(=O)[C@@H]1P=O. The minimum atomic E-state index is -1.20. The number of ether oxygens (including phenoxy) is 1. The second kappa shape index (κ2) is 5.78. The molecule has 0 saturated carbocycles. The van der Waals surface area contributed by atoms with E-state index >= 15 is 0 Å². The molecule has 0 aromatic rings. The van der Waals surface area contributed by atoms with E-state index in [-0.39, 0.29) is 26.8 Å². The molecule has 100 valence electrons. The van der Waals surface area contributed by atoms with Crippen LogP contribution in [0.4, 0.5) is 0 Å². The predicted molar refractivity (Wildman–Crippen MR) is 63.1 cm³/mol. The van der Waals surface area contributed by atoms with Gasteiger partial charge < -0.3 is 4.74 Å². The topological polar surface area (TPSA) is 97.8 Å². The van der Waals surface area contributed by atoms with Gasteiger partial charge in [-0.15, -0.1) is 0 Å². The van der Waals surface area contributed by atoms with E-state index in [2.05, 4.69) is 0 Å². The van der Waals surface area contributed by atoms with E-state index in [4.69, 9.17) is 4.74 Å². The number of allylic oxidation sites excluding steroid dienone is 1. The van der Waals surface area contributed by atoms with Gasteiger partial charge >= 0.3 is 0 Å². The molecule has 0 radical (unpaired) electrons. The molecule has 9 heteroatoms. The van der Waals surface area contributed by atoms with Crippen LogP contribution in [0, 0.1) is 0 Å². The summed E-state index contributed by atoms with van der Waals surface area (Å²) in [6.45, 7) is 0. The lowest BCUT2D eigenvalue weighted by atomic mass is 10.1. The molecule has 0 spiro atoms. The summed E-state index contributed by atoms with van der Waals surface area (Å²) in [4.78, 5) is 35.7. The Bertz CT molecular complexity index is 490. The highest BCUT2D eigenvalue weighted by molar-refractivity contribution is 7.27. The van der Waals surface area contributed by atoms with Gasteiger partial charge in [0.05, 0.1) is 18.7 Å². The van der Waals surface area contributed by atoms with Crippen molar-refractivity contribution in [1.29, 1.82) is 0 Å². The zero-order valence-electron chi connectivity index (χ0n) is 9.59. The molecule has 7 nitrogen and oxygen atoms in total. The summed E-state index contributed by atoms with van der Waals surface area (Å²) < 4.78 is 26.9. The summed E-state index contributed by atoms with van der Waals surface area (Å²) in [5, 5.41) is 0. The van der Waals surface area contributed by atoms with Crippen LogP contribution in [0.15, 0.2) is 12.3 Å². The molecule has 1 fully saturated rings. The maximum Gasteiger partial charge on any atom is 0.236 e. The maximum atomic E-state index is 12.0. The van der Waals surface area contributed by atoms with Crippen molar-refractivity contribution in [2.45, 2.75) is 24.4 Å². The highest BCUT2D eigenvalue weighted by Gasteiger charge is 2.48. The van der Waals surface area contributed by atoms with Crippen LogP contribution >= 0.6 is 16.9 Å². The molecule has 2 aliphatic heterocycles. The lowest BCUT2D eigenvalue weighted by Gasteiger charge is -2.25. The summed E-state index contributed by atoms with van der Waals surface area (Å²) in [5.41, 5.74) is -0.940. The van der Waals surface area contributed by atoms with E-state index in [0.717, 1.165) is 4.90 Å². The number of rotatable bonds is 4. The summed E-state index contributed by atoms with van der Waals surface area (Å²) >= 11 is 0. The molecule has 0 aromatic heterocycles. The van der Waals surface area contributed by atoms with Gasteiger partial charge in [-0.1, -0.05) is 0 Å². The lowest BCUT2D eigenvalue weighted by molar-refractivity contribution is -0.148. The second-order valence-corrected chi connectivity index (χ2v) is 5.44. The Morgan fingerprint density at radius 2 is 2.05 bits per heavy atom. The van der Waals surface area contributed by atoms with Gasteiger partial charge in [0.25, 0.3) is 0 Å². The lowest BCUT2D eigenvalue weighted by Crippen LogP contribution is -2.43. The first-order chi connectivity index (χ1) is 9.08. The number of carbonyl (C=O) groups is 3. The fraction of sp³-hybridized carbons (Fsp3) is 0.500. The molecule has 1 saturated heterocycles. The average Bonchev–Trinajstić information content (AvgIpc) is 2.66. The van der Waals surface area contributed by atoms with Crippen LogP contribution in [-0.2, 0) is 28.3 Å². The predicted octanol–water partition coefficient (Wildman–Crippen LogP) is 0.547. The maximum absolute atomic E-state index is 12.0. The summed E-state index contributed by atoms with van der Waals surface area (Å²) in [6.07, 6.45) is 0.0962. The van der Waals surface area contributed by atoms with Crippen molar-refractivity contribution in [3.8, 4) is 0 Å². The summed E-state index contributed by atoms with van der Waals surface area (Å²) in [6, 6.07) is 0. The highest BCUT2D eigenvalue weighted by atomic mass is 31.1. The van der Waals surface area contributed by atoms with Gasteiger partial charge in [0.15, 0.2) is 34.7 Å². The summed E-state index contributed by atoms with van der Waals surface area (Å²) in [7, 11) is -0.665. The van der Waals surface area contributed by atoms with E-state index < -0.39 is 38.1 Å². The van der Waals surface area contributed by atoms with Crippen LogP contribution in [0.2, 0.25) is 0 Å². The zero-order chi connectivity index (χ0) is 14.0. The number of Topliss-reactive ketones (excluding diaryl/α,β-unsaturated/α-hetero) is 1. The van der Waals surface area contributed by atoms with E-state index in [9.17, 15) is 23.5 Å². The van der Waals surface area contributed by atoms with Gasteiger partial charge in [0.1, 0.15) is 5.66 Å². The molecule has 19 heavy (non-hydrogen) atoms. The Kier molecular flexibility index (Phi) is 4.30. The first kappa shape index (κ1) is 14.1. The molecule has 2 aliphatic rings. The molecule has 3 atom stereocenters. The van der Waals surface area contributed by atoms with Crippen molar-refractivity contribution in [2.75, 3.05) is 6.16 Å². The largest absolute Gasteiger partial charge is 0.345 e. The molecule has 0 aliphatic carbocycles. The van der Waals surface area contributed by atoms with Crippen LogP contribution in [0.3, 0.4) is 0 Å². The molecule has 2 rings (SSSR count). The zero-order valence-corrected chi connectivity index (χ0v) is 11.4. The van der Waals surface area contributed by atoms with E-state index in [1.807, 2.05) is 0 Å². The standard InChI is InChI=1S/C10H9NO6P2/c12-5-1-2-11(7(13)3-5)10-8(14)9(19-16)6(17-10)4-18-15/h1-2,6,9-10H,3-4H2/t6-,9-,10-/m1/s1. The molecule has 0 bridgehead atoms. The normalized spacial score (nSPS) is 31.7. The Morgan fingerprint density at radius 3 is 2.63 bits per heavy atom. The fourth-order valence-corrected chi connectivity index (χ4v) is 3.08. The third kappa shape index (κ3) is 2.68. The summed E-state index contributed by atoms with van der Waals surface area (Å²) in [5.74, 6) is -1.41. The molecule has 1 amide bonds. The van der Waals surface area contributed by atoms with E-state index in [0.29, 0.717) is 0 Å². The number of carbonyl (C=O) groups excluding carboxylic acids is 3. The number of ketones is 2. The Balaban J connectivity index is 2.21. The molecular formula is C10H9NO6P2. The number of nitrogens with zero attached hydrogens (tertiary/aromatic N) is 1. The first-order valence-electron chi connectivity index (χ1n) is 5.41. The van der Waals surface area contributed by atoms with Crippen molar-refractivity contribution >= 4 is 34.4 Å². The third-order valence-electron chi connectivity index (χ3n) is 2.85.